The molecule has 1 aromatic carbocycles. The van der Waals surface area contributed by atoms with Gasteiger partial charge in [-0.15, -0.1) is 0 Å². The SMILES string of the molecule is CCOC(=O)COc1ccc(/C=C2\SC(N3CCNCC3)=NC2=O)cc1OC. The van der Waals surface area contributed by atoms with Crippen LogP contribution in [-0.4, -0.2) is 68.4 Å². The van der Waals surface area contributed by atoms with E-state index in [0.29, 0.717) is 23.0 Å². The fourth-order valence-electron chi connectivity index (χ4n) is 2.77. The van der Waals surface area contributed by atoms with Gasteiger partial charge in [-0.1, -0.05) is 6.07 Å². The minimum absolute atomic E-state index is 0.194. The maximum absolute atomic E-state index is 12.3. The lowest BCUT2D eigenvalue weighted by Crippen LogP contribution is -2.45. The Hall–Kier alpha value is -2.52. The molecule has 2 heterocycles. The van der Waals surface area contributed by atoms with Gasteiger partial charge in [-0.2, -0.15) is 4.99 Å². The lowest BCUT2D eigenvalue weighted by molar-refractivity contribution is -0.145. The zero-order chi connectivity index (χ0) is 19.9. The molecule has 0 atom stereocenters. The molecule has 1 saturated heterocycles. The molecular formula is C19H23N3O5S. The molecule has 1 N–H and O–H groups in total. The third-order valence-electron chi connectivity index (χ3n) is 4.13. The molecule has 8 nitrogen and oxygen atoms in total. The molecule has 0 aromatic heterocycles. The third-order valence-corrected chi connectivity index (χ3v) is 5.18. The van der Waals surface area contributed by atoms with E-state index in [9.17, 15) is 9.59 Å². The molecule has 3 rings (SSSR count). The second-order valence-electron chi connectivity index (χ2n) is 6.05. The molecule has 0 unspecified atom stereocenters. The van der Waals surface area contributed by atoms with Crippen LogP contribution in [0.1, 0.15) is 12.5 Å². The topological polar surface area (TPSA) is 89.5 Å². The Labute approximate surface area is 167 Å². The van der Waals surface area contributed by atoms with Crippen LogP contribution in [0.5, 0.6) is 11.5 Å². The van der Waals surface area contributed by atoms with Crippen LogP contribution in [-0.2, 0) is 14.3 Å². The average Bonchev–Trinajstić information content (AvgIpc) is 3.08. The van der Waals surface area contributed by atoms with Crippen molar-refractivity contribution in [1.82, 2.24) is 10.2 Å². The number of methoxy groups -OCH3 is 1. The highest BCUT2D eigenvalue weighted by Gasteiger charge is 2.26. The zero-order valence-electron chi connectivity index (χ0n) is 15.9. The van der Waals surface area contributed by atoms with Gasteiger partial charge >= 0.3 is 5.97 Å². The van der Waals surface area contributed by atoms with Crippen LogP contribution in [0.2, 0.25) is 0 Å². The predicted octanol–water partition coefficient (Wildman–Crippen LogP) is 1.51. The number of thioether (sulfide) groups is 1. The highest BCUT2D eigenvalue weighted by atomic mass is 32.2. The molecular weight excluding hydrogens is 382 g/mol. The number of ether oxygens (including phenoxy) is 3. The zero-order valence-corrected chi connectivity index (χ0v) is 16.7. The molecule has 1 aromatic rings. The third kappa shape index (κ3) is 5.05. The minimum atomic E-state index is -0.443. The first-order valence-electron chi connectivity index (χ1n) is 9.05. The summed E-state index contributed by atoms with van der Waals surface area (Å²) in [5.74, 6) is 0.222. The summed E-state index contributed by atoms with van der Waals surface area (Å²) in [5.41, 5.74) is 0.785. The van der Waals surface area contributed by atoms with Crippen LogP contribution < -0.4 is 14.8 Å². The minimum Gasteiger partial charge on any atom is -0.493 e. The molecule has 1 fully saturated rings. The molecule has 0 bridgehead atoms. The number of hydrogen-bond donors (Lipinski definition) is 1. The number of nitrogens with zero attached hydrogens (tertiary/aromatic N) is 2. The highest BCUT2D eigenvalue weighted by molar-refractivity contribution is 8.18. The molecule has 1 amide bonds. The first kappa shape index (κ1) is 20.2. The normalized spacial score (nSPS) is 18.2. The summed E-state index contributed by atoms with van der Waals surface area (Å²) in [4.78, 5) is 30.6. The number of rotatable bonds is 6. The number of carbonyl (C=O) groups excluding carboxylic acids is 2. The summed E-state index contributed by atoms with van der Waals surface area (Å²) >= 11 is 1.38. The number of piperazine rings is 1. The highest BCUT2D eigenvalue weighted by Crippen LogP contribution is 2.33. The monoisotopic (exact) mass is 405 g/mol. The molecule has 0 saturated carbocycles. The van der Waals surface area contributed by atoms with Crippen molar-refractivity contribution in [3.8, 4) is 11.5 Å². The lowest BCUT2D eigenvalue weighted by Gasteiger charge is -2.27. The Bertz CT molecular complexity index is 803. The molecule has 0 spiro atoms. The maximum Gasteiger partial charge on any atom is 0.344 e. The summed E-state index contributed by atoms with van der Waals surface area (Å²) in [6.45, 7) is 5.30. The van der Waals surface area contributed by atoms with E-state index >= 15 is 0 Å². The van der Waals surface area contributed by atoms with Crippen molar-refractivity contribution in [2.45, 2.75) is 6.92 Å². The summed E-state index contributed by atoms with van der Waals surface area (Å²) in [6.07, 6.45) is 1.78. The first-order chi connectivity index (χ1) is 13.6. The Balaban J connectivity index is 1.68. The number of hydrogen-bond acceptors (Lipinski definition) is 8. The number of carbonyl (C=O) groups is 2. The summed E-state index contributed by atoms with van der Waals surface area (Å²) in [6, 6.07) is 5.25. The quantitative estimate of drug-likeness (QED) is 0.563. The Morgan fingerprint density at radius 2 is 2.11 bits per heavy atom. The van der Waals surface area contributed by atoms with E-state index in [-0.39, 0.29) is 12.5 Å². The van der Waals surface area contributed by atoms with Crippen molar-refractivity contribution < 1.29 is 23.8 Å². The fourth-order valence-corrected chi connectivity index (χ4v) is 3.74. The second kappa shape index (κ2) is 9.61. The van der Waals surface area contributed by atoms with Gasteiger partial charge in [-0.3, -0.25) is 4.79 Å². The van der Waals surface area contributed by atoms with Crippen molar-refractivity contribution in [3.05, 3.63) is 28.7 Å². The van der Waals surface area contributed by atoms with Crippen molar-refractivity contribution in [1.29, 1.82) is 0 Å². The Morgan fingerprint density at radius 3 is 2.82 bits per heavy atom. The van der Waals surface area contributed by atoms with Crippen LogP contribution >= 0.6 is 11.8 Å². The Kier molecular flexibility index (Phi) is 6.94. The van der Waals surface area contributed by atoms with Gasteiger partial charge in [0, 0.05) is 26.2 Å². The van der Waals surface area contributed by atoms with E-state index in [0.717, 1.165) is 36.9 Å². The molecule has 2 aliphatic heterocycles. The molecule has 150 valence electrons. The summed E-state index contributed by atoms with van der Waals surface area (Å²) in [5, 5.41) is 4.03. The largest absolute Gasteiger partial charge is 0.493 e. The van der Waals surface area contributed by atoms with Crippen molar-refractivity contribution >= 4 is 34.9 Å². The number of amidine groups is 1. The number of esters is 1. The van der Waals surface area contributed by atoms with Crippen LogP contribution in [0, 0.1) is 0 Å². The molecule has 0 aliphatic carbocycles. The van der Waals surface area contributed by atoms with Gasteiger partial charge in [0.2, 0.25) is 0 Å². The molecule has 9 heteroatoms. The molecule has 2 aliphatic rings. The van der Waals surface area contributed by atoms with Crippen LogP contribution in [0.25, 0.3) is 6.08 Å². The maximum atomic E-state index is 12.3. The Morgan fingerprint density at radius 1 is 1.32 bits per heavy atom. The predicted molar refractivity (Wildman–Crippen MR) is 108 cm³/mol. The van der Waals surface area contributed by atoms with E-state index < -0.39 is 5.97 Å². The van der Waals surface area contributed by atoms with Crippen molar-refractivity contribution in [2.75, 3.05) is 46.5 Å². The fraction of sp³-hybridized carbons (Fsp3) is 0.421. The first-order valence-corrected chi connectivity index (χ1v) is 9.87. The van der Waals surface area contributed by atoms with E-state index in [2.05, 4.69) is 15.2 Å². The van der Waals surface area contributed by atoms with Gasteiger partial charge in [0.05, 0.1) is 18.6 Å². The number of aliphatic imine (C=N–C) groups is 1. The summed E-state index contributed by atoms with van der Waals surface area (Å²) < 4.78 is 15.6. The molecule has 28 heavy (non-hydrogen) atoms. The lowest BCUT2D eigenvalue weighted by atomic mass is 10.2. The van der Waals surface area contributed by atoms with Gasteiger partial charge in [-0.25, -0.2) is 4.79 Å². The van der Waals surface area contributed by atoms with E-state index in [1.165, 1.54) is 18.9 Å². The molecule has 0 radical (unpaired) electrons. The van der Waals surface area contributed by atoms with E-state index in [1.54, 1.807) is 31.2 Å². The van der Waals surface area contributed by atoms with Gasteiger partial charge < -0.3 is 24.4 Å². The smallest absolute Gasteiger partial charge is 0.344 e. The second-order valence-corrected chi connectivity index (χ2v) is 7.06. The van der Waals surface area contributed by atoms with Crippen LogP contribution in [0.4, 0.5) is 0 Å². The van der Waals surface area contributed by atoms with Gasteiger partial charge in [-0.05, 0) is 42.5 Å². The van der Waals surface area contributed by atoms with Crippen molar-refractivity contribution in [2.24, 2.45) is 4.99 Å². The number of nitrogens with one attached hydrogen (secondary N) is 1. The average molecular weight is 405 g/mol. The van der Waals surface area contributed by atoms with Gasteiger partial charge in [0.25, 0.3) is 5.91 Å². The van der Waals surface area contributed by atoms with Crippen molar-refractivity contribution in [3.63, 3.8) is 0 Å². The number of amides is 1. The van der Waals surface area contributed by atoms with Crippen LogP contribution in [0.15, 0.2) is 28.1 Å². The van der Waals surface area contributed by atoms with Gasteiger partial charge in [0.15, 0.2) is 23.3 Å². The summed E-state index contributed by atoms with van der Waals surface area (Å²) in [7, 11) is 1.52. The van der Waals surface area contributed by atoms with E-state index in [4.69, 9.17) is 14.2 Å². The van der Waals surface area contributed by atoms with Crippen LogP contribution in [0.3, 0.4) is 0 Å². The standard InChI is InChI=1S/C19H23N3O5S/c1-3-26-17(23)12-27-14-5-4-13(10-15(14)25-2)11-16-18(24)21-19(28-16)22-8-6-20-7-9-22/h4-5,10-11,20H,3,6-9,12H2,1-2H3/b16-11-. The van der Waals surface area contributed by atoms with E-state index in [1.807, 2.05) is 0 Å². The van der Waals surface area contributed by atoms with Gasteiger partial charge in [0.1, 0.15) is 0 Å². The number of benzene rings is 1.